The van der Waals surface area contributed by atoms with E-state index in [1.54, 1.807) is 16.8 Å². The molecule has 140 valence electrons. The summed E-state index contributed by atoms with van der Waals surface area (Å²) in [5.41, 5.74) is 4.89. The van der Waals surface area contributed by atoms with Gasteiger partial charge in [0.2, 0.25) is 0 Å². The number of nitrogens with one attached hydrogen (secondary N) is 1. The standard InChI is InChI=1S/C21H23ClN4O/c1-5-15-8-6-7-14(4)18(15)23-21(27)19-20(13(2)3)26(25-24-19)17-11-9-16(22)10-12-17/h6-13H,5H2,1-4H3,(H,23,27). The molecule has 0 aliphatic carbocycles. The van der Waals surface area contributed by atoms with Gasteiger partial charge in [-0.05, 0) is 54.7 Å². The van der Waals surface area contributed by atoms with Crippen molar-refractivity contribution in [3.8, 4) is 5.69 Å². The number of benzene rings is 2. The quantitative estimate of drug-likeness (QED) is 0.662. The van der Waals surface area contributed by atoms with Crippen LogP contribution in [0.4, 0.5) is 5.69 Å². The van der Waals surface area contributed by atoms with Crippen LogP contribution in [0.15, 0.2) is 42.5 Å². The molecule has 0 unspecified atom stereocenters. The van der Waals surface area contributed by atoms with E-state index in [1.807, 2.05) is 51.1 Å². The molecule has 0 fully saturated rings. The number of rotatable bonds is 5. The van der Waals surface area contributed by atoms with Crippen LogP contribution in [0.3, 0.4) is 0 Å². The highest BCUT2D eigenvalue weighted by atomic mass is 35.5. The van der Waals surface area contributed by atoms with Crippen LogP contribution in [0.1, 0.15) is 54.0 Å². The Morgan fingerprint density at radius 1 is 1.19 bits per heavy atom. The highest BCUT2D eigenvalue weighted by Gasteiger charge is 2.24. The van der Waals surface area contributed by atoms with E-state index >= 15 is 0 Å². The molecule has 1 heterocycles. The van der Waals surface area contributed by atoms with Crippen molar-refractivity contribution < 1.29 is 4.79 Å². The number of amides is 1. The second kappa shape index (κ2) is 7.92. The van der Waals surface area contributed by atoms with Gasteiger partial charge in [-0.3, -0.25) is 4.79 Å². The molecule has 0 saturated heterocycles. The monoisotopic (exact) mass is 382 g/mol. The minimum absolute atomic E-state index is 0.0685. The molecular weight excluding hydrogens is 360 g/mol. The van der Waals surface area contributed by atoms with Crippen molar-refractivity contribution in [1.29, 1.82) is 0 Å². The predicted molar refractivity (Wildman–Crippen MR) is 109 cm³/mol. The van der Waals surface area contributed by atoms with Crippen LogP contribution < -0.4 is 5.32 Å². The molecule has 27 heavy (non-hydrogen) atoms. The van der Waals surface area contributed by atoms with E-state index in [0.717, 1.165) is 34.6 Å². The zero-order chi connectivity index (χ0) is 19.6. The van der Waals surface area contributed by atoms with Gasteiger partial charge < -0.3 is 5.32 Å². The van der Waals surface area contributed by atoms with Gasteiger partial charge in [-0.15, -0.1) is 5.10 Å². The second-order valence-electron chi connectivity index (χ2n) is 6.78. The number of carbonyl (C=O) groups excluding carboxylic acids is 1. The number of carbonyl (C=O) groups is 1. The van der Waals surface area contributed by atoms with Crippen molar-refractivity contribution >= 4 is 23.2 Å². The van der Waals surface area contributed by atoms with E-state index in [2.05, 4.69) is 22.6 Å². The lowest BCUT2D eigenvalue weighted by molar-refractivity contribution is 0.102. The molecule has 0 bridgehead atoms. The first-order chi connectivity index (χ1) is 12.9. The van der Waals surface area contributed by atoms with E-state index in [4.69, 9.17) is 11.6 Å². The Morgan fingerprint density at radius 2 is 1.89 bits per heavy atom. The molecule has 0 radical (unpaired) electrons. The minimum atomic E-state index is -0.247. The summed E-state index contributed by atoms with van der Waals surface area (Å²) in [5.74, 6) is -0.179. The molecule has 3 rings (SSSR count). The van der Waals surface area contributed by atoms with Gasteiger partial charge in [0.15, 0.2) is 5.69 Å². The Morgan fingerprint density at radius 3 is 2.52 bits per heavy atom. The maximum atomic E-state index is 13.0. The summed E-state index contributed by atoms with van der Waals surface area (Å²) in [6.45, 7) is 8.10. The zero-order valence-corrected chi connectivity index (χ0v) is 16.7. The largest absolute Gasteiger partial charge is 0.320 e. The Labute approximate surface area is 164 Å². The van der Waals surface area contributed by atoms with E-state index in [1.165, 1.54) is 0 Å². The molecule has 3 aromatic rings. The van der Waals surface area contributed by atoms with E-state index in [-0.39, 0.29) is 11.8 Å². The number of nitrogens with zero attached hydrogens (tertiary/aromatic N) is 3. The van der Waals surface area contributed by atoms with E-state index < -0.39 is 0 Å². The van der Waals surface area contributed by atoms with Crippen LogP contribution in [0.2, 0.25) is 5.02 Å². The van der Waals surface area contributed by atoms with Gasteiger partial charge in [0.25, 0.3) is 5.91 Å². The van der Waals surface area contributed by atoms with Gasteiger partial charge in [-0.2, -0.15) is 0 Å². The number of hydrogen-bond acceptors (Lipinski definition) is 3. The molecule has 1 aromatic heterocycles. The van der Waals surface area contributed by atoms with Crippen LogP contribution >= 0.6 is 11.6 Å². The van der Waals surface area contributed by atoms with E-state index in [0.29, 0.717) is 10.7 Å². The van der Waals surface area contributed by atoms with Gasteiger partial charge >= 0.3 is 0 Å². The highest BCUT2D eigenvalue weighted by Crippen LogP contribution is 2.25. The van der Waals surface area contributed by atoms with Gasteiger partial charge in [0.05, 0.1) is 11.4 Å². The van der Waals surface area contributed by atoms with Gasteiger partial charge in [0, 0.05) is 10.7 Å². The molecule has 0 aliphatic heterocycles. The lowest BCUT2D eigenvalue weighted by Gasteiger charge is -2.14. The van der Waals surface area contributed by atoms with Gasteiger partial charge in [-0.25, -0.2) is 4.68 Å². The first-order valence-corrected chi connectivity index (χ1v) is 9.41. The van der Waals surface area contributed by atoms with Crippen molar-refractivity contribution in [3.05, 3.63) is 70.0 Å². The number of halogens is 1. The molecule has 0 atom stereocenters. The third-order valence-electron chi connectivity index (χ3n) is 4.52. The lowest BCUT2D eigenvalue weighted by Crippen LogP contribution is -2.18. The average Bonchev–Trinajstić information content (AvgIpc) is 3.09. The molecule has 6 heteroatoms. The summed E-state index contributed by atoms with van der Waals surface area (Å²) in [7, 11) is 0. The van der Waals surface area contributed by atoms with E-state index in [9.17, 15) is 4.79 Å². The normalized spacial score (nSPS) is 11.0. The molecule has 0 saturated carbocycles. The smallest absolute Gasteiger partial charge is 0.278 e. The maximum Gasteiger partial charge on any atom is 0.278 e. The minimum Gasteiger partial charge on any atom is -0.320 e. The predicted octanol–water partition coefficient (Wildman–Crippen LogP) is 5.17. The van der Waals surface area contributed by atoms with Gasteiger partial charge in [-0.1, -0.05) is 55.8 Å². The summed E-state index contributed by atoms with van der Waals surface area (Å²) < 4.78 is 1.70. The van der Waals surface area contributed by atoms with Crippen molar-refractivity contribution in [1.82, 2.24) is 15.0 Å². The first kappa shape index (κ1) is 19.1. The van der Waals surface area contributed by atoms with Crippen LogP contribution in [0.25, 0.3) is 5.69 Å². The van der Waals surface area contributed by atoms with Crippen molar-refractivity contribution in [2.24, 2.45) is 0 Å². The SMILES string of the molecule is CCc1cccc(C)c1NC(=O)c1nnn(-c2ccc(Cl)cc2)c1C(C)C. The molecule has 2 aromatic carbocycles. The summed E-state index contributed by atoms with van der Waals surface area (Å²) >= 11 is 5.98. The molecule has 1 N–H and O–H groups in total. The van der Waals surface area contributed by atoms with Gasteiger partial charge in [0.1, 0.15) is 0 Å². The van der Waals surface area contributed by atoms with Crippen LogP contribution in [-0.4, -0.2) is 20.9 Å². The molecule has 1 amide bonds. The van der Waals surface area contributed by atoms with Crippen LogP contribution in [0, 0.1) is 6.92 Å². The molecule has 0 aliphatic rings. The summed E-state index contributed by atoms with van der Waals surface area (Å²) in [6.07, 6.45) is 0.839. The number of aryl methyl sites for hydroxylation is 2. The molecule has 0 spiro atoms. The highest BCUT2D eigenvalue weighted by molar-refractivity contribution is 6.30. The van der Waals surface area contributed by atoms with Crippen molar-refractivity contribution in [3.63, 3.8) is 0 Å². The van der Waals surface area contributed by atoms with Crippen molar-refractivity contribution in [2.75, 3.05) is 5.32 Å². The first-order valence-electron chi connectivity index (χ1n) is 9.03. The lowest BCUT2D eigenvalue weighted by atomic mass is 10.0. The third-order valence-corrected chi connectivity index (χ3v) is 4.77. The number of hydrogen-bond donors (Lipinski definition) is 1. The Balaban J connectivity index is 2.00. The third kappa shape index (κ3) is 3.88. The Kier molecular flexibility index (Phi) is 5.61. The number of aromatic nitrogens is 3. The fraction of sp³-hybridized carbons (Fsp3) is 0.286. The fourth-order valence-electron chi connectivity index (χ4n) is 3.12. The zero-order valence-electron chi connectivity index (χ0n) is 16.0. The van der Waals surface area contributed by atoms with Crippen LogP contribution in [-0.2, 0) is 6.42 Å². The summed E-state index contributed by atoms with van der Waals surface area (Å²) in [6, 6.07) is 13.3. The Bertz CT molecular complexity index is 961. The molecule has 5 nitrogen and oxygen atoms in total. The average molecular weight is 383 g/mol. The topological polar surface area (TPSA) is 59.8 Å². The van der Waals surface area contributed by atoms with Crippen molar-refractivity contribution in [2.45, 2.75) is 40.0 Å². The number of para-hydroxylation sites is 1. The van der Waals surface area contributed by atoms with Crippen LogP contribution in [0.5, 0.6) is 0 Å². The second-order valence-corrected chi connectivity index (χ2v) is 7.22. The number of anilines is 1. The maximum absolute atomic E-state index is 13.0. The summed E-state index contributed by atoms with van der Waals surface area (Å²) in [4.78, 5) is 13.0. The summed E-state index contributed by atoms with van der Waals surface area (Å²) in [5, 5.41) is 12.1. The fourth-order valence-corrected chi connectivity index (χ4v) is 3.24. The Hall–Kier alpha value is -2.66. The molecular formula is C21H23ClN4O.